The van der Waals surface area contributed by atoms with Gasteiger partial charge in [-0.15, -0.1) is 0 Å². The van der Waals surface area contributed by atoms with Crippen molar-refractivity contribution in [3.05, 3.63) is 34.3 Å². The highest BCUT2D eigenvalue weighted by molar-refractivity contribution is 9.10. The lowest BCUT2D eigenvalue weighted by Gasteiger charge is -2.40. The molecule has 1 nitrogen and oxygen atoms in total. The highest BCUT2D eigenvalue weighted by Crippen LogP contribution is 2.40. The highest BCUT2D eigenvalue weighted by atomic mass is 79.9. The molecule has 0 bridgehead atoms. The van der Waals surface area contributed by atoms with Crippen LogP contribution in [0.25, 0.3) is 0 Å². The third kappa shape index (κ3) is 4.06. The first-order chi connectivity index (χ1) is 8.91. The summed E-state index contributed by atoms with van der Waals surface area (Å²) in [5.41, 5.74) is 2.02. The summed E-state index contributed by atoms with van der Waals surface area (Å²) in [6.07, 6.45) is 6.74. The summed E-state index contributed by atoms with van der Waals surface area (Å²) in [6, 6.07) is 8.92. The minimum Gasteiger partial charge on any atom is -0.311 e. The molecule has 1 aliphatic rings. The molecule has 0 amide bonds. The number of rotatable bonds is 3. The third-order valence-corrected chi connectivity index (χ3v) is 4.70. The molecule has 1 aromatic carbocycles. The zero-order valence-corrected chi connectivity index (χ0v) is 14.0. The van der Waals surface area contributed by atoms with E-state index in [1.54, 1.807) is 0 Å². The van der Waals surface area contributed by atoms with Gasteiger partial charge in [0.2, 0.25) is 0 Å². The molecule has 0 radical (unpaired) electrons. The molecule has 0 atom stereocenters. The van der Waals surface area contributed by atoms with Crippen LogP contribution >= 0.6 is 15.9 Å². The monoisotopic (exact) mass is 323 g/mol. The average molecular weight is 324 g/mol. The molecule has 1 aliphatic carbocycles. The summed E-state index contributed by atoms with van der Waals surface area (Å²) in [6.45, 7) is 7.85. The van der Waals surface area contributed by atoms with Gasteiger partial charge in [-0.25, -0.2) is 0 Å². The van der Waals surface area contributed by atoms with Crippen molar-refractivity contribution in [3.63, 3.8) is 0 Å². The van der Waals surface area contributed by atoms with Gasteiger partial charge >= 0.3 is 0 Å². The Kier molecular flexibility index (Phi) is 4.73. The van der Waals surface area contributed by atoms with Gasteiger partial charge in [-0.2, -0.15) is 0 Å². The fourth-order valence-corrected chi connectivity index (χ4v) is 3.45. The Morgan fingerprint density at radius 1 is 1.16 bits per heavy atom. The predicted molar refractivity (Wildman–Crippen MR) is 86.7 cm³/mol. The van der Waals surface area contributed by atoms with Gasteiger partial charge in [-0.05, 0) is 51.3 Å². The Labute approximate surface area is 126 Å². The van der Waals surface area contributed by atoms with E-state index < -0.39 is 0 Å². The summed E-state index contributed by atoms with van der Waals surface area (Å²) in [5, 5.41) is 3.74. The van der Waals surface area contributed by atoms with Gasteiger partial charge in [-0.3, -0.25) is 0 Å². The predicted octanol–water partition coefficient (Wildman–Crippen LogP) is 5.04. The van der Waals surface area contributed by atoms with Crippen molar-refractivity contribution in [2.24, 2.45) is 0 Å². The van der Waals surface area contributed by atoms with Gasteiger partial charge in [-0.1, -0.05) is 47.3 Å². The average Bonchev–Trinajstić information content (AvgIpc) is 2.37. The second-order valence-corrected chi connectivity index (χ2v) is 7.87. The van der Waals surface area contributed by atoms with Crippen LogP contribution in [0.5, 0.6) is 0 Å². The van der Waals surface area contributed by atoms with E-state index in [9.17, 15) is 0 Å². The second-order valence-electron chi connectivity index (χ2n) is 6.95. The molecule has 0 aliphatic heterocycles. The standard InChI is InChI=1S/C17H26BrN/c1-16(2,3)19-13-17(10-5-4-6-11-17)14-8-7-9-15(18)12-14/h7-9,12,19H,4-6,10-11,13H2,1-3H3. The summed E-state index contributed by atoms with van der Waals surface area (Å²) in [4.78, 5) is 0. The fourth-order valence-electron chi connectivity index (χ4n) is 3.05. The van der Waals surface area contributed by atoms with Gasteiger partial charge in [0.25, 0.3) is 0 Å². The molecule has 106 valence electrons. The summed E-state index contributed by atoms with van der Waals surface area (Å²) in [5.74, 6) is 0. The van der Waals surface area contributed by atoms with Gasteiger partial charge in [0.05, 0.1) is 0 Å². The Morgan fingerprint density at radius 2 is 1.84 bits per heavy atom. The van der Waals surface area contributed by atoms with Crippen LogP contribution in [0.3, 0.4) is 0 Å². The zero-order valence-electron chi connectivity index (χ0n) is 12.4. The largest absolute Gasteiger partial charge is 0.311 e. The lowest BCUT2D eigenvalue weighted by atomic mass is 9.69. The van der Waals surface area contributed by atoms with Gasteiger partial charge < -0.3 is 5.32 Å². The first kappa shape index (κ1) is 15.1. The van der Waals surface area contributed by atoms with Crippen molar-refractivity contribution in [1.82, 2.24) is 5.32 Å². The number of hydrogen-bond acceptors (Lipinski definition) is 1. The van der Waals surface area contributed by atoms with Gasteiger partial charge in [0.1, 0.15) is 0 Å². The van der Waals surface area contributed by atoms with Crippen LogP contribution < -0.4 is 5.32 Å². The molecular formula is C17H26BrN. The lowest BCUT2D eigenvalue weighted by molar-refractivity contribution is 0.253. The molecule has 1 fully saturated rings. The third-order valence-electron chi connectivity index (χ3n) is 4.20. The van der Waals surface area contributed by atoms with Crippen molar-refractivity contribution in [2.75, 3.05) is 6.54 Å². The van der Waals surface area contributed by atoms with Crippen molar-refractivity contribution in [1.29, 1.82) is 0 Å². The quantitative estimate of drug-likeness (QED) is 0.821. The van der Waals surface area contributed by atoms with Crippen LogP contribution in [0.4, 0.5) is 0 Å². The van der Waals surface area contributed by atoms with Crippen molar-refractivity contribution < 1.29 is 0 Å². The van der Waals surface area contributed by atoms with Crippen LogP contribution in [-0.2, 0) is 5.41 Å². The van der Waals surface area contributed by atoms with E-state index in [0.29, 0.717) is 5.41 Å². The SMILES string of the molecule is CC(C)(C)NCC1(c2cccc(Br)c2)CCCCC1. The molecule has 2 rings (SSSR count). The molecule has 0 spiro atoms. The maximum atomic E-state index is 3.74. The van der Waals surface area contributed by atoms with Crippen LogP contribution in [0.1, 0.15) is 58.4 Å². The van der Waals surface area contributed by atoms with Crippen molar-refractivity contribution >= 4 is 15.9 Å². The lowest BCUT2D eigenvalue weighted by Crippen LogP contribution is -2.47. The summed E-state index contributed by atoms with van der Waals surface area (Å²) >= 11 is 3.62. The second kappa shape index (κ2) is 5.97. The molecular weight excluding hydrogens is 298 g/mol. The highest BCUT2D eigenvalue weighted by Gasteiger charge is 2.34. The van der Waals surface area contributed by atoms with Crippen LogP contribution in [-0.4, -0.2) is 12.1 Å². The zero-order chi connectivity index (χ0) is 13.9. The molecule has 1 saturated carbocycles. The fraction of sp³-hybridized carbons (Fsp3) is 0.647. The number of benzene rings is 1. The van der Waals surface area contributed by atoms with E-state index >= 15 is 0 Å². The first-order valence-electron chi connectivity index (χ1n) is 7.42. The summed E-state index contributed by atoms with van der Waals surface area (Å²) < 4.78 is 1.20. The molecule has 0 heterocycles. The van der Waals surface area contributed by atoms with E-state index in [0.717, 1.165) is 6.54 Å². The van der Waals surface area contributed by atoms with Crippen molar-refractivity contribution in [3.8, 4) is 0 Å². The number of halogens is 1. The van der Waals surface area contributed by atoms with E-state index in [1.165, 1.54) is 42.1 Å². The molecule has 0 saturated heterocycles. The maximum Gasteiger partial charge on any atom is 0.0178 e. The number of nitrogens with one attached hydrogen (secondary N) is 1. The number of hydrogen-bond donors (Lipinski definition) is 1. The Morgan fingerprint density at radius 3 is 2.42 bits per heavy atom. The molecule has 1 aromatic rings. The Bertz CT molecular complexity index is 414. The molecule has 19 heavy (non-hydrogen) atoms. The minimum atomic E-state index is 0.191. The minimum absolute atomic E-state index is 0.191. The van der Waals surface area contributed by atoms with E-state index in [4.69, 9.17) is 0 Å². The normalized spacial score (nSPS) is 19.4. The van der Waals surface area contributed by atoms with Crippen LogP contribution in [0.2, 0.25) is 0 Å². The van der Waals surface area contributed by atoms with Crippen LogP contribution in [0.15, 0.2) is 28.7 Å². The topological polar surface area (TPSA) is 12.0 Å². The van der Waals surface area contributed by atoms with E-state index in [-0.39, 0.29) is 5.54 Å². The summed E-state index contributed by atoms with van der Waals surface area (Å²) in [7, 11) is 0. The molecule has 2 heteroatoms. The van der Waals surface area contributed by atoms with Gasteiger partial charge in [0, 0.05) is 22.0 Å². The first-order valence-corrected chi connectivity index (χ1v) is 8.22. The molecule has 1 N–H and O–H groups in total. The Hall–Kier alpha value is -0.340. The maximum absolute atomic E-state index is 3.74. The van der Waals surface area contributed by atoms with Crippen molar-refractivity contribution in [2.45, 2.75) is 63.8 Å². The smallest absolute Gasteiger partial charge is 0.0178 e. The van der Waals surface area contributed by atoms with Crippen LogP contribution in [0, 0.1) is 0 Å². The Balaban J connectivity index is 2.24. The van der Waals surface area contributed by atoms with Gasteiger partial charge in [0.15, 0.2) is 0 Å². The van der Waals surface area contributed by atoms with E-state index in [1.807, 2.05) is 0 Å². The van der Waals surface area contributed by atoms with E-state index in [2.05, 4.69) is 66.3 Å². The molecule has 0 aromatic heterocycles. The molecule has 0 unspecified atom stereocenters.